The maximum absolute atomic E-state index is 12.6. The van der Waals surface area contributed by atoms with Crippen LogP contribution in [-0.4, -0.2) is 18.2 Å². The Hall–Kier alpha value is -2.51. The van der Waals surface area contributed by atoms with Crippen molar-refractivity contribution in [3.8, 4) is 5.75 Å². The maximum atomic E-state index is 12.6. The smallest absolute Gasteiger partial charge is 0.416 e. The number of amides is 1. The van der Waals surface area contributed by atoms with Gasteiger partial charge in [0.2, 0.25) is 0 Å². The number of ether oxygens (including phenoxy) is 1. The van der Waals surface area contributed by atoms with Gasteiger partial charge in [-0.2, -0.15) is 13.2 Å². The van der Waals surface area contributed by atoms with E-state index in [4.69, 9.17) is 4.74 Å². The van der Waals surface area contributed by atoms with E-state index in [-0.39, 0.29) is 17.0 Å². The molecular formula is C12H9F3N2O3. The van der Waals surface area contributed by atoms with E-state index < -0.39 is 17.6 Å². The molecule has 0 atom stereocenters. The van der Waals surface area contributed by atoms with Crippen LogP contribution < -0.4 is 10.1 Å². The van der Waals surface area contributed by atoms with Gasteiger partial charge in [-0.25, -0.2) is 0 Å². The number of alkyl halides is 3. The second kappa shape index (κ2) is 5.24. The van der Waals surface area contributed by atoms with Crippen LogP contribution in [0, 0.1) is 0 Å². The number of hydrogen-bond acceptors (Lipinski definition) is 4. The highest BCUT2D eigenvalue weighted by molar-refractivity contribution is 6.04. The van der Waals surface area contributed by atoms with Gasteiger partial charge >= 0.3 is 6.18 Å². The molecule has 1 aromatic heterocycles. The standard InChI is InChI=1S/C12H9F3N2O3/c1-19-10-3-2-8(12(13,14)15)4-9(10)17-11(18)7-5-16-20-6-7/h2-6H,1H3,(H,17,18). The lowest BCUT2D eigenvalue weighted by Crippen LogP contribution is -2.13. The number of carbonyl (C=O) groups excluding carboxylic acids is 1. The number of methoxy groups -OCH3 is 1. The van der Waals surface area contributed by atoms with Crippen LogP contribution in [0.2, 0.25) is 0 Å². The molecule has 0 bridgehead atoms. The summed E-state index contributed by atoms with van der Waals surface area (Å²) in [5, 5.41) is 5.65. The summed E-state index contributed by atoms with van der Waals surface area (Å²) in [5.74, 6) is -0.535. The fraction of sp³-hybridized carbons (Fsp3) is 0.167. The van der Waals surface area contributed by atoms with Crippen molar-refractivity contribution in [3.63, 3.8) is 0 Å². The van der Waals surface area contributed by atoms with Crippen LogP contribution in [0.15, 0.2) is 35.2 Å². The van der Waals surface area contributed by atoms with Crippen LogP contribution >= 0.6 is 0 Å². The Bertz CT molecular complexity index is 609. The summed E-state index contributed by atoms with van der Waals surface area (Å²) in [7, 11) is 1.29. The predicted octanol–water partition coefficient (Wildman–Crippen LogP) is 2.95. The van der Waals surface area contributed by atoms with E-state index in [2.05, 4.69) is 15.0 Å². The van der Waals surface area contributed by atoms with Crippen molar-refractivity contribution in [1.82, 2.24) is 5.16 Å². The summed E-state index contributed by atoms with van der Waals surface area (Å²) in [6.07, 6.45) is -2.28. The van der Waals surface area contributed by atoms with Crippen molar-refractivity contribution >= 4 is 11.6 Å². The molecule has 0 saturated carbocycles. The van der Waals surface area contributed by atoms with Gasteiger partial charge in [0.15, 0.2) is 0 Å². The van der Waals surface area contributed by atoms with Crippen LogP contribution in [0.5, 0.6) is 5.75 Å². The monoisotopic (exact) mass is 286 g/mol. The number of hydrogen-bond donors (Lipinski definition) is 1. The summed E-state index contributed by atoms with van der Waals surface area (Å²) in [5.41, 5.74) is -0.892. The van der Waals surface area contributed by atoms with Gasteiger partial charge in [0.25, 0.3) is 5.91 Å². The molecule has 1 heterocycles. The van der Waals surface area contributed by atoms with Crippen molar-refractivity contribution < 1.29 is 27.2 Å². The van der Waals surface area contributed by atoms with Gasteiger partial charge in [0.1, 0.15) is 12.0 Å². The minimum Gasteiger partial charge on any atom is -0.495 e. The van der Waals surface area contributed by atoms with E-state index in [1.54, 1.807) is 0 Å². The maximum Gasteiger partial charge on any atom is 0.416 e. The average Bonchev–Trinajstić information content (AvgIpc) is 2.91. The zero-order chi connectivity index (χ0) is 14.8. The number of carbonyl (C=O) groups is 1. The molecule has 5 nitrogen and oxygen atoms in total. The Morgan fingerprint density at radius 2 is 2.15 bits per heavy atom. The topological polar surface area (TPSA) is 64.4 Å². The molecule has 0 saturated heterocycles. The fourth-order valence-corrected chi connectivity index (χ4v) is 1.49. The molecule has 0 fully saturated rings. The molecule has 20 heavy (non-hydrogen) atoms. The number of rotatable bonds is 3. The molecule has 0 aliphatic rings. The normalized spacial score (nSPS) is 11.2. The van der Waals surface area contributed by atoms with Crippen molar-refractivity contribution in [2.75, 3.05) is 12.4 Å². The molecule has 0 aliphatic heterocycles. The third kappa shape index (κ3) is 2.90. The number of anilines is 1. The first kappa shape index (κ1) is 13.9. The first-order valence-corrected chi connectivity index (χ1v) is 5.38. The highest BCUT2D eigenvalue weighted by Crippen LogP contribution is 2.35. The number of benzene rings is 1. The zero-order valence-electron chi connectivity index (χ0n) is 10.2. The van der Waals surface area contributed by atoms with E-state index in [1.807, 2.05) is 0 Å². The Morgan fingerprint density at radius 3 is 2.70 bits per heavy atom. The molecule has 0 unspecified atom stereocenters. The first-order valence-electron chi connectivity index (χ1n) is 5.38. The van der Waals surface area contributed by atoms with Crippen LogP contribution in [-0.2, 0) is 6.18 Å². The Kier molecular flexibility index (Phi) is 3.64. The summed E-state index contributed by atoms with van der Waals surface area (Å²) >= 11 is 0. The summed E-state index contributed by atoms with van der Waals surface area (Å²) in [6.45, 7) is 0. The van der Waals surface area contributed by atoms with E-state index in [9.17, 15) is 18.0 Å². The Morgan fingerprint density at radius 1 is 1.40 bits per heavy atom. The number of halogens is 3. The van der Waals surface area contributed by atoms with Crippen LogP contribution in [0.25, 0.3) is 0 Å². The van der Waals surface area contributed by atoms with Crippen molar-refractivity contribution in [2.24, 2.45) is 0 Å². The van der Waals surface area contributed by atoms with Gasteiger partial charge in [-0.3, -0.25) is 4.79 Å². The van der Waals surface area contributed by atoms with Gasteiger partial charge in [0, 0.05) is 0 Å². The molecule has 0 spiro atoms. The molecule has 0 aliphatic carbocycles. The number of nitrogens with one attached hydrogen (secondary N) is 1. The predicted molar refractivity (Wildman–Crippen MR) is 62.5 cm³/mol. The summed E-state index contributed by atoms with van der Waals surface area (Å²) in [6, 6.07) is 2.80. The summed E-state index contributed by atoms with van der Waals surface area (Å²) < 4.78 is 47.3. The van der Waals surface area contributed by atoms with Gasteiger partial charge in [0.05, 0.1) is 30.1 Å². The highest BCUT2D eigenvalue weighted by atomic mass is 19.4. The molecule has 8 heteroatoms. The second-order valence-corrected chi connectivity index (χ2v) is 3.78. The van der Waals surface area contributed by atoms with Gasteiger partial charge in [-0.05, 0) is 18.2 Å². The molecule has 1 N–H and O–H groups in total. The van der Waals surface area contributed by atoms with Gasteiger partial charge in [-0.15, -0.1) is 0 Å². The van der Waals surface area contributed by atoms with Crippen molar-refractivity contribution in [1.29, 1.82) is 0 Å². The molecule has 2 aromatic rings. The number of aromatic nitrogens is 1. The van der Waals surface area contributed by atoms with Crippen molar-refractivity contribution in [3.05, 3.63) is 41.8 Å². The third-order valence-corrected chi connectivity index (χ3v) is 2.47. The summed E-state index contributed by atoms with van der Waals surface area (Å²) in [4.78, 5) is 11.8. The SMILES string of the molecule is COc1ccc(C(F)(F)F)cc1NC(=O)c1cnoc1. The van der Waals surface area contributed by atoms with Crippen molar-refractivity contribution in [2.45, 2.75) is 6.18 Å². The second-order valence-electron chi connectivity index (χ2n) is 3.78. The van der Waals surface area contributed by atoms with E-state index in [1.165, 1.54) is 7.11 Å². The molecule has 1 amide bonds. The Labute approximate surface area is 111 Å². The van der Waals surface area contributed by atoms with Crippen LogP contribution in [0.3, 0.4) is 0 Å². The lowest BCUT2D eigenvalue weighted by Gasteiger charge is -2.13. The Balaban J connectivity index is 2.32. The van der Waals surface area contributed by atoms with E-state index >= 15 is 0 Å². The number of nitrogens with zero attached hydrogens (tertiary/aromatic N) is 1. The quantitative estimate of drug-likeness (QED) is 0.942. The molecular weight excluding hydrogens is 277 g/mol. The first-order chi connectivity index (χ1) is 9.41. The highest BCUT2D eigenvalue weighted by Gasteiger charge is 2.31. The molecule has 2 rings (SSSR count). The van der Waals surface area contributed by atoms with Crippen LogP contribution in [0.4, 0.5) is 18.9 Å². The van der Waals surface area contributed by atoms with Gasteiger partial charge in [-0.1, -0.05) is 5.16 Å². The van der Waals surface area contributed by atoms with Gasteiger partial charge < -0.3 is 14.6 Å². The third-order valence-electron chi connectivity index (χ3n) is 2.47. The fourth-order valence-electron chi connectivity index (χ4n) is 1.49. The molecule has 1 aromatic carbocycles. The lowest BCUT2D eigenvalue weighted by atomic mass is 10.1. The minimum atomic E-state index is -4.51. The van der Waals surface area contributed by atoms with E-state index in [0.29, 0.717) is 0 Å². The van der Waals surface area contributed by atoms with Crippen LogP contribution in [0.1, 0.15) is 15.9 Å². The average molecular weight is 286 g/mol. The van der Waals surface area contributed by atoms with E-state index in [0.717, 1.165) is 30.7 Å². The lowest BCUT2D eigenvalue weighted by molar-refractivity contribution is -0.137. The molecule has 0 radical (unpaired) electrons. The largest absolute Gasteiger partial charge is 0.495 e. The minimum absolute atomic E-state index is 0.0875. The zero-order valence-corrected chi connectivity index (χ0v) is 10.2. The molecule has 106 valence electrons.